The van der Waals surface area contributed by atoms with Crippen LogP contribution in [0.2, 0.25) is 0 Å². The zero-order valence-electron chi connectivity index (χ0n) is 82.4. The standard InChI is InChI=1S/C97H131N33O18S2/c1-2-3-24-64-80(135)114-46-78(132)117-73(39-57-44-106-51-115-57)89(144)123-69(35-53-18-6-4-7-19-53)85(140)119-66(28-15-32-109-95(100)101)82(137)126-72(38-56-43-113-63-26-13-11-23-61(56)63)88(143)128-75(41-79(133)134)91(146)122-68(30-17-34-111-97(104)105)84(139)130-77-50-150-48-59(131)47-149-49-76(92(147)118-64)129-83(138)67(29-16-33-110-96(102)103)121-87(142)71(37-55-42-112-62-25-12-10-22-60(55)62)125-81(136)65(27-14-31-108-94(98)99)120-86(141)70(36-54-20-8-5-9-21-54)124-90(145)74(127-93(77)148)40-58-45-107-52-116-58/h4-13,18-23,25-26,42-45,51-52,64-77,112-113H,2-3,14-17,24,27-41,46-50H2,1H3,(H,106,115)(H,107,116)(H,114,135)(H,117,132)(H,118,147)(H,119,140)(H,120,141)(H,121,142)(H,122,146)(H,123,144)(H,124,145)(H,125,136)(H,126,137)(H,127,148)(H,128,143)(H,129,138)(H,130,139)(H,133,134)(H4,98,99,108)(H4,100,101,109)(H4,102,103,110)(H4,104,105,111)/t64-,65-,66-,67-,68-,69-,70-,71-,72-,73-,74-,75-,76-,77-/m0/s1. The molecule has 8 aromatic rings. The molecule has 15 amide bonds. The monoisotopic (exact) mass is 2110 g/mol. The molecular weight excluding hydrogens is 1980 g/mol. The maximum atomic E-state index is 15.7. The van der Waals surface area contributed by atoms with Gasteiger partial charge in [-0.15, -0.1) is 0 Å². The fraction of sp³-hybridized carbons (Fsp3) is 0.433. The van der Waals surface area contributed by atoms with Gasteiger partial charge in [-0.05, 0) is 92.2 Å². The number of carboxylic acid groups (broad SMARTS) is 1. The number of aliphatic carboxylic acids is 1. The summed E-state index contributed by atoms with van der Waals surface area (Å²) in [5.41, 5.74) is 26.2. The Bertz CT molecular complexity index is 6020. The molecule has 2 aliphatic rings. The molecule has 150 heavy (non-hydrogen) atoms. The van der Waals surface area contributed by atoms with Crippen LogP contribution in [0.1, 0.15) is 118 Å². The van der Waals surface area contributed by atoms with Crippen molar-refractivity contribution in [1.29, 1.82) is 21.6 Å². The van der Waals surface area contributed by atoms with E-state index in [2.05, 4.69) is 131 Å². The number of amides is 15. The highest BCUT2D eigenvalue weighted by molar-refractivity contribution is 8.01. The first-order chi connectivity index (χ1) is 72.0. The molecule has 2 fully saturated rings. The Morgan fingerprint density at radius 2 is 0.653 bits per heavy atom. The van der Waals surface area contributed by atoms with E-state index in [1.54, 1.807) is 122 Å². The predicted octanol–water partition coefficient (Wildman–Crippen LogP) is -4.46. The number of para-hydroxylation sites is 2. The number of hydrogen-bond donors (Lipinski definition) is 32. The summed E-state index contributed by atoms with van der Waals surface area (Å²) in [4.78, 5) is 279. The molecule has 804 valence electrons. The van der Waals surface area contributed by atoms with E-state index in [1.165, 1.54) is 31.2 Å². The SMILES string of the molecule is CCCC[C@@H]1NC(=O)[C@@H]2CSCC(=O)CSC[C@H](NC(=O)[C@H](CCCNC(=N)N)NC(=O)[C@H](CC(=O)O)NC(=O)[C@H](Cc3c[nH]c4ccccc34)NC(=O)[C@H](CCCNC(=N)N)NC(=O)[C@H](Cc3ccccc3)NC(=O)[C@H](Cc3cnc[nH]3)NC(=O)CNC1=O)C(=O)N[C@@H](Cc1cnc[nH]1)C(=O)N[C@@H](Cc1ccccc1)C(=O)N[C@@H](CCCNC(=N)N)C(=O)N[C@@H](Cc1c[nH]c3ccccc13)C(=O)N[C@@H](CCCNC(=N)N)C(=O)N2. The number of H-pyrrole nitrogens is 4. The predicted molar refractivity (Wildman–Crippen MR) is 557 cm³/mol. The van der Waals surface area contributed by atoms with Crippen LogP contribution in [-0.2, 0) is 120 Å². The van der Waals surface area contributed by atoms with Gasteiger partial charge in [-0.1, -0.05) is 117 Å². The lowest BCUT2D eigenvalue weighted by molar-refractivity contribution is -0.141. The number of nitrogens with two attached hydrogens (primary N) is 4. The van der Waals surface area contributed by atoms with Crippen molar-refractivity contribution >= 4 is 170 Å². The largest absolute Gasteiger partial charge is 0.481 e. The van der Waals surface area contributed by atoms with Gasteiger partial charge >= 0.3 is 5.97 Å². The number of aromatic nitrogens is 6. The van der Waals surface area contributed by atoms with Crippen molar-refractivity contribution in [2.75, 3.05) is 55.7 Å². The van der Waals surface area contributed by atoms with Crippen molar-refractivity contribution in [3.8, 4) is 0 Å². The summed E-state index contributed by atoms with van der Waals surface area (Å²) in [7, 11) is 0. The number of carbonyl (C=O) groups is 17. The maximum Gasteiger partial charge on any atom is 0.305 e. The van der Waals surface area contributed by atoms with Crippen molar-refractivity contribution in [1.82, 2.24) is 131 Å². The van der Waals surface area contributed by atoms with Gasteiger partial charge in [-0.25, -0.2) is 9.97 Å². The van der Waals surface area contributed by atoms with Gasteiger partial charge in [0, 0.05) is 134 Å². The second-order valence-corrected chi connectivity index (χ2v) is 38.0. The molecule has 53 heteroatoms. The summed E-state index contributed by atoms with van der Waals surface area (Å²) >= 11 is 1.54. The number of carboxylic acids is 1. The summed E-state index contributed by atoms with van der Waals surface area (Å²) in [5, 5.41) is 94.1. The summed E-state index contributed by atoms with van der Waals surface area (Å²) in [6.45, 7) is 0.542. The van der Waals surface area contributed by atoms with E-state index in [9.17, 15) is 24.3 Å². The molecule has 51 nitrogen and oxygen atoms in total. The molecule has 10 rings (SSSR count). The van der Waals surface area contributed by atoms with Crippen LogP contribution >= 0.6 is 23.5 Å². The van der Waals surface area contributed by atoms with Gasteiger partial charge in [0.1, 0.15) is 84.6 Å². The number of nitrogens with one attached hydrogen (secondary N) is 27. The maximum absolute atomic E-state index is 15.7. The lowest BCUT2D eigenvalue weighted by Crippen LogP contribution is -2.62. The highest BCUT2D eigenvalue weighted by Gasteiger charge is 2.41. The quantitative estimate of drug-likeness (QED) is 0.0105. The lowest BCUT2D eigenvalue weighted by Gasteiger charge is -2.29. The molecular formula is C97H131N33O18S2. The molecule has 2 saturated heterocycles. The molecule has 2 bridgehead atoms. The van der Waals surface area contributed by atoms with Crippen LogP contribution in [0.25, 0.3) is 21.8 Å². The van der Waals surface area contributed by atoms with Crippen molar-refractivity contribution < 1.29 is 86.6 Å². The number of nitrogens with zero attached hydrogens (tertiary/aromatic N) is 2. The Morgan fingerprint density at radius 1 is 0.353 bits per heavy atom. The molecule has 2 aliphatic heterocycles. The number of Topliss-reactive ketones (excluding diaryl/α,β-unsaturated/α-hetero) is 1. The molecule has 0 aliphatic carbocycles. The highest BCUT2D eigenvalue weighted by atomic mass is 32.2. The molecule has 4 aromatic carbocycles. The first-order valence-electron chi connectivity index (χ1n) is 48.9. The lowest BCUT2D eigenvalue weighted by atomic mass is 10.0. The second-order valence-electron chi connectivity index (χ2n) is 35.9. The number of rotatable bonds is 33. The highest BCUT2D eigenvalue weighted by Crippen LogP contribution is 2.24. The Labute approximate surface area is 870 Å². The Hall–Kier alpha value is -16.7. The number of aromatic amines is 4. The minimum atomic E-state index is -2.16. The third-order valence-electron chi connectivity index (χ3n) is 24.3. The van der Waals surface area contributed by atoms with Gasteiger partial charge < -0.3 is 149 Å². The average Bonchev–Trinajstić information content (AvgIpc) is 1.70. The van der Waals surface area contributed by atoms with Gasteiger partial charge in [0.15, 0.2) is 29.6 Å². The minimum Gasteiger partial charge on any atom is -0.481 e. The second kappa shape index (κ2) is 59.2. The van der Waals surface area contributed by atoms with E-state index in [1.807, 2.05) is 0 Å². The summed E-state index contributed by atoms with van der Waals surface area (Å²) in [5.74, 6) is -22.5. The van der Waals surface area contributed by atoms with Crippen LogP contribution in [0.3, 0.4) is 0 Å². The Morgan fingerprint density at radius 3 is 1.01 bits per heavy atom. The van der Waals surface area contributed by atoms with E-state index in [0.29, 0.717) is 50.5 Å². The smallest absolute Gasteiger partial charge is 0.305 e. The Kier molecular flexibility index (Phi) is 45.5. The van der Waals surface area contributed by atoms with Crippen LogP contribution in [0.15, 0.2) is 147 Å². The van der Waals surface area contributed by atoms with Crippen LogP contribution < -0.4 is 124 Å². The zero-order valence-corrected chi connectivity index (χ0v) is 84.1. The fourth-order valence-corrected chi connectivity index (χ4v) is 18.5. The van der Waals surface area contributed by atoms with Gasteiger partial charge in [0.25, 0.3) is 0 Å². The van der Waals surface area contributed by atoms with Crippen molar-refractivity contribution in [2.24, 2.45) is 22.9 Å². The van der Waals surface area contributed by atoms with Crippen molar-refractivity contribution in [2.45, 2.75) is 207 Å². The van der Waals surface area contributed by atoms with Gasteiger partial charge in [0.2, 0.25) is 88.6 Å². The van der Waals surface area contributed by atoms with Gasteiger partial charge in [0.05, 0.1) is 37.1 Å². The number of hydrogen-bond acceptors (Lipinski definition) is 25. The van der Waals surface area contributed by atoms with Crippen molar-refractivity contribution in [3.05, 3.63) is 180 Å². The van der Waals surface area contributed by atoms with E-state index in [4.69, 9.17) is 44.6 Å². The molecule has 4 aromatic heterocycles. The van der Waals surface area contributed by atoms with Crippen LogP contribution in [0, 0.1) is 21.6 Å². The molecule has 0 spiro atoms. The van der Waals surface area contributed by atoms with E-state index in [-0.39, 0.29) is 121 Å². The zero-order chi connectivity index (χ0) is 108. The summed E-state index contributed by atoms with van der Waals surface area (Å²) < 4.78 is 0. The third kappa shape index (κ3) is 38.0. The molecule has 0 unspecified atom stereocenters. The average molecular weight is 2110 g/mol. The summed E-state index contributed by atoms with van der Waals surface area (Å²) in [6.07, 6.45) is 4.05. The van der Waals surface area contributed by atoms with Crippen LogP contribution in [0.5, 0.6) is 0 Å². The number of thioether (sulfide) groups is 2. The van der Waals surface area contributed by atoms with E-state index >= 15 is 62.3 Å². The molecule has 36 N–H and O–H groups in total. The minimum absolute atomic E-state index is 0.00787. The Balaban J connectivity index is 1.11. The number of unbranched alkanes of at least 4 members (excludes halogenated alkanes) is 1. The number of carbonyl (C=O) groups excluding carboxylic acids is 16. The third-order valence-corrected chi connectivity index (χ3v) is 26.5. The number of benzene rings is 4. The number of ketones is 1. The molecule has 0 radical (unpaired) electrons. The van der Waals surface area contributed by atoms with Gasteiger partial charge in [-0.2, -0.15) is 23.5 Å². The number of fused-ring (bicyclic) bond motifs is 10. The number of imidazole rings is 2. The van der Waals surface area contributed by atoms with Crippen LogP contribution in [0.4, 0.5) is 0 Å². The van der Waals surface area contributed by atoms with E-state index in [0.717, 1.165) is 23.5 Å². The number of guanidine groups is 4. The van der Waals surface area contributed by atoms with Crippen LogP contribution in [-0.4, -0.2) is 300 Å². The molecule has 6 heterocycles. The van der Waals surface area contributed by atoms with Gasteiger partial charge in [-0.3, -0.25) is 103 Å². The topological polar surface area (TPSA) is 827 Å². The van der Waals surface area contributed by atoms with E-state index < -0.39 is 264 Å². The summed E-state index contributed by atoms with van der Waals surface area (Å²) in [6, 6.07) is 5.99. The molecule has 0 saturated carbocycles. The van der Waals surface area contributed by atoms with Crippen molar-refractivity contribution in [3.63, 3.8) is 0 Å². The first kappa shape index (κ1) is 115. The first-order valence-corrected chi connectivity index (χ1v) is 51.2. The normalized spacial score (nSPS) is 22.4. The molecule has 14 atom stereocenters. The fourth-order valence-electron chi connectivity index (χ4n) is 16.5.